The van der Waals surface area contributed by atoms with Crippen molar-refractivity contribution in [3.63, 3.8) is 0 Å². The number of benzene rings is 1. The van der Waals surface area contributed by atoms with Gasteiger partial charge in [-0.15, -0.1) is 0 Å². The first-order valence-corrected chi connectivity index (χ1v) is 10.1. The quantitative estimate of drug-likeness (QED) is 0.678. The molecule has 1 aliphatic heterocycles. The zero-order chi connectivity index (χ0) is 19.7. The highest BCUT2D eigenvalue weighted by atomic mass is 32.2. The van der Waals surface area contributed by atoms with Crippen LogP contribution in [-0.2, 0) is 9.84 Å². The van der Waals surface area contributed by atoms with Gasteiger partial charge in [0.15, 0.2) is 27.2 Å². The highest BCUT2D eigenvalue weighted by Gasteiger charge is 2.27. The Labute approximate surface area is 154 Å². The molecule has 1 atom stereocenters. The van der Waals surface area contributed by atoms with Crippen molar-refractivity contribution in [2.45, 2.75) is 43.8 Å². The van der Waals surface area contributed by atoms with E-state index in [1.54, 1.807) is 12.3 Å². The summed E-state index contributed by atoms with van der Waals surface area (Å²) in [5.41, 5.74) is 12.8. The molecule has 1 heterocycles. The largest absolute Gasteiger partial charge is 0.495 e. The van der Waals surface area contributed by atoms with E-state index < -0.39 is 15.6 Å². The second-order valence-corrected chi connectivity index (χ2v) is 8.48. The van der Waals surface area contributed by atoms with Crippen LogP contribution in [0.3, 0.4) is 0 Å². The van der Waals surface area contributed by atoms with Crippen LogP contribution in [0, 0.1) is 0 Å². The summed E-state index contributed by atoms with van der Waals surface area (Å²) in [7, 11) is -2.08. The van der Waals surface area contributed by atoms with Gasteiger partial charge in [0.25, 0.3) is 0 Å². The van der Waals surface area contributed by atoms with Gasteiger partial charge in [-0.3, -0.25) is 5.73 Å². The SMILES string of the molecule is CCC1(N)N=C(N)C(Oc2cc(S(C)(=O)=O)c(OC)cc2C(C)C)=CN1. The molecule has 0 aromatic heterocycles. The predicted molar refractivity (Wildman–Crippen MR) is 101 cm³/mol. The lowest BCUT2D eigenvalue weighted by Gasteiger charge is -2.29. The maximum absolute atomic E-state index is 12.1. The zero-order valence-electron chi connectivity index (χ0n) is 15.7. The van der Waals surface area contributed by atoms with E-state index in [-0.39, 0.29) is 28.2 Å². The smallest absolute Gasteiger partial charge is 0.184 e. The Balaban J connectivity index is 2.51. The number of nitrogens with one attached hydrogen (secondary N) is 1. The van der Waals surface area contributed by atoms with Crippen LogP contribution in [0.5, 0.6) is 11.5 Å². The standard InChI is InChI=1S/C17H26N4O4S/c1-6-17(19)20-9-14(16(18)21-17)25-12-8-15(26(5,22)23)13(24-4)7-11(12)10(2)3/h7-10,20H,6,19H2,1-5H3,(H2,18,21). The van der Waals surface area contributed by atoms with Crippen LogP contribution in [0.4, 0.5) is 0 Å². The number of aliphatic imine (C=N–C) groups is 1. The van der Waals surface area contributed by atoms with Gasteiger partial charge in [0.05, 0.1) is 7.11 Å². The minimum absolute atomic E-state index is 0.0426. The third-order valence-electron chi connectivity index (χ3n) is 4.10. The molecule has 5 N–H and O–H groups in total. The monoisotopic (exact) mass is 382 g/mol. The maximum Gasteiger partial charge on any atom is 0.184 e. The molecule has 1 unspecified atom stereocenters. The van der Waals surface area contributed by atoms with E-state index in [1.165, 1.54) is 13.2 Å². The van der Waals surface area contributed by atoms with Crippen molar-refractivity contribution in [2.75, 3.05) is 13.4 Å². The van der Waals surface area contributed by atoms with E-state index >= 15 is 0 Å². The van der Waals surface area contributed by atoms with Crippen LogP contribution >= 0.6 is 0 Å². The predicted octanol–water partition coefficient (Wildman–Crippen LogP) is 1.43. The summed E-state index contributed by atoms with van der Waals surface area (Å²) in [4.78, 5) is 4.26. The summed E-state index contributed by atoms with van der Waals surface area (Å²) in [6, 6.07) is 3.11. The summed E-state index contributed by atoms with van der Waals surface area (Å²) in [5.74, 6) is 0.134. The van der Waals surface area contributed by atoms with E-state index in [4.69, 9.17) is 20.9 Å². The van der Waals surface area contributed by atoms with Crippen molar-refractivity contribution in [3.05, 3.63) is 29.7 Å². The minimum Gasteiger partial charge on any atom is -0.495 e. The fourth-order valence-electron chi connectivity index (χ4n) is 2.49. The average molecular weight is 382 g/mol. The Hall–Kier alpha value is -2.26. The summed E-state index contributed by atoms with van der Waals surface area (Å²) in [5, 5.41) is 2.94. The second-order valence-electron chi connectivity index (χ2n) is 6.50. The maximum atomic E-state index is 12.1. The first-order valence-electron chi connectivity index (χ1n) is 8.23. The minimum atomic E-state index is -3.51. The first-order chi connectivity index (χ1) is 12.0. The summed E-state index contributed by atoms with van der Waals surface area (Å²) in [6.07, 6.45) is 3.20. The van der Waals surface area contributed by atoms with Gasteiger partial charge in [-0.25, -0.2) is 13.4 Å². The third kappa shape index (κ3) is 4.10. The molecule has 0 amide bonds. The molecule has 9 heteroatoms. The molecule has 8 nitrogen and oxygen atoms in total. The van der Waals surface area contributed by atoms with Crippen LogP contribution < -0.4 is 26.3 Å². The molecule has 1 aromatic rings. The molecule has 0 fully saturated rings. The van der Waals surface area contributed by atoms with Crippen LogP contribution in [0.2, 0.25) is 0 Å². The molecule has 144 valence electrons. The number of ether oxygens (including phenoxy) is 2. The van der Waals surface area contributed by atoms with E-state index in [0.717, 1.165) is 11.8 Å². The Morgan fingerprint density at radius 3 is 2.42 bits per heavy atom. The third-order valence-corrected chi connectivity index (χ3v) is 5.22. The van der Waals surface area contributed by atoms with Crippen molar-refractivity contribution >= 4 is 15.7 Å². The lowest BCUT2D eigenvalue weighted by Crippen LogP contribution is -2.53. The lowest BCUT2D eigenvalue weighted by atomic mass is 10.0. The van der Waals surface area contributed by atoms with Crippen LogP contribution in [-0.4, -0.2) is 33.4 Å². The van der Waals surface area contributed by atoms with Crippen molar-refractivity contribution in [1.29, 1.82) is 0 Å². The molecule has 1 aliphatic rings. The Morgan fingerprint density at radius 2 is 1.96 bits per heavy atom. The zero-order valence-corrected chi connectivity index (χ0v) is 16.5. The first kappa shape index (κ1) is 20.1. The number of rotatable bonds is 6. The van der Waals surface area contributed by atoms with Gasteiger partial charge in [-0.05, 0) is 12.0 Å². The van der Waals surface area contributed by atoms with Crippen LogP contribution in [0.25, 0.3) is 0 Å². The van der Waals surface area contributed by atoms with Gasteiger partial charge in [0.2, 0.25) is 0 Å². The molecule has 0 radical (unpaired) electrons. The second kappa shape index (κ2) is 7.16. The molecular formula is C17H26N4O4S. The molecule has 26 heavy (non-hydrogen) atoms. The number of nitrogens with zero attached hydrogens (tertiary/aromatic N) is 1. The molecule has 0 bridgehead atoms. The van der Waals surface area contributed by atoms with E-state index in [1.807, 2.05) is 20.8 Å². The molecule has 0 spiro atoms. The summed E-state index contributed by atoms with van der Waals surface area (Å²) >= 11 is 0. The Bertz CT molecular complexity index is 862. The van der Waals surface area contributed by atoms with Gasteiger partial charge in [-0.2, -0.15) is 0 Å². The molecule has 0 saturated heterocycles. The highest BCUT2D eigenvalue weighted by molar-refractivity contribution is 7.90. The molecule has 1 aromatic carbocycles. The van der Waals surface area contributed by atoms with Crippen molar-refractivity contribution in [2.24, 2.45) is 16.5 Å². The number of amidine groups is 1. The normalized spacial score (nSPS) is 20.3. The van der Waals surface area contributed by atoms with Gasteiger partial charge in [0.1, 0.15) is 16.4 Å². The van der Waals surface area contributed by atoms with Gasteiger partial charge >= 0.3 is 0 Å². The fraction of sp³-hybridized carbons (Fsp3) is 0.471. The van der Waals surface area contributed by atoms with E-state index in [2.05, 4.69) is 10.3 Å². The van der Waals surface area contributed by atoms with Crippen molar-refractivity contribution < 1.29 is 17.9 Å². The van der Waals surface area contributed by atoms with Crippen molar-refractivity contribution in [1.82, 2.24) is 5.32 Å². The number of sulfone groups is 1. The molecule has 0 saturated carbocycles. The topological polar surface area (TPSA) is 129 Å². The van der Waals surface area contributed by atoms with Gasteiger partial charge < -0.3 is 20.5 Å². The number of hydrogen-bond acceptors (Lipinski definition) is 8. The summed E-state index contributed by atoms with van der Waals surface area (Å²) < 4.78 is 35.3. The van der Waals surface area contributed by atoms with Crippen LogP contribution in [0.15, 0.2) is 34.0 Å². The number of nitrogens with two attached hydrogens (primary N) is 2. The molecular weight excluding hydrogens is 356 g/mol. The van der Waals surface area contributed by atoms with Gasteiger partial charge in [-0.1, -0.05) is 20.8 Å². The van der Waals surface area contributed by atoms with Crippen LogP contribution in [0.1, 0.15) is 38.7 Å². The van der Waals surface area contributed by atoms with E-state index in [9.17, 15) is 8.42 Å². The highest BCUT2D eigenvalue weighted by Crippen LogP contribution is 2.37. The summed E-state index contributed by atoms with van der Waals surface area (Å²) in [6.45, 7) is 5.81. The lowest BCUT2D eigenvalue weighted by molar-refractivity contribution is 0.353. The fourth-order valence-corrected chi connectivity index (χ4v) is 3.32. The van der Waals surface area contributed by atoms with Crippen molar-refractivity contribution in [3.8, 4) is 11.5 Å². The number of methoxy groups -OCH3 is 1. The molecule has 0 aliphatic carbocycles. The Morgan fingerprint density at radius 1 is 1.31 bits per heavy atom. The molecule has 2 rings (SSSR count). The Kier molecular flexibility index (Phi) is 5.52. The average Bonchev–Trinajstić information content (AvgIpc) is 2.56. The number of hydrogen-bond donors (Lipinski definition) is 3. The van der Waals surface area contributed by atoms with Gasteiger partial charge in [0, 0.05) is 30.5 Å². The van der Waals surface area contributed by atoms with E-state index in [0.29, 0.717) is 12.2 Å².